The lowest BCUT2D eigenvalue weighted by Crippen LogP contribution is -2.60. The van der Waals surface area contributed by atoms with Gasteiger partial charge < -0.3 is 5.32 Å². The van der Waals surface area contributed by atoms with Crippen molar-refractivity contribution in [2.24, 2.45) is 0 Å². The van der Waals surface area contributed by atoms with Crippen LogP contribution in [0.5, 0.6) is 0 Å². The standard InChI is InChI=1S/C18H25N5O2S/c1-13-10-23-16(25)9-14(20-17(23)26-13)11-22-8-7-21(2)18(12-22)4-3-15(24)19-6-5-18/h9-10H,3-8,11-12H2,1-2H3,(H,19,24)/t18-/m0/s1. The summed E-state index contributed by atoms with van der Waals surface area (Å²) in [6.45, 7) is 6.22. The maximum absolute atomic E-state index is 12.3. The highest BCUT2D eigenvalue weighted by Gasteiger charge is 2.40. The SMILES string of the molecule is Cc1cn2c(=O)cc(CN3CCN(C)[C@@]4(CCNC(=O)CC4)C3)nc2s1. The fourth-order valence-electron chi connectivity index (χ4n) is 4.18. The molecule has 7 nitrogen and oxygen atoms in total. The monoisotopic (exact) mass is 375 g/mol. The highest BCUT2D eigenvalue weighted by molar-refractivity contribution is 7.16. The van der Waals surface area contributed by atoms with Crippen LogP contribution in [-0.2, 0) is 11.3 Å². The summed E-state index contributed by atoms with van der Waals surface area (Å²) in [5.74, 6) is 0.153. The first-order valence-corrected chi connectivity index (χ1v) is 9.96. The molecular formula is C18H25N5O2S. The summed E-state index contributed by atoms with van der Waals surface area (Å²) in [7, 11) is 2.16. The molecule has 0 saturated carbocycles. The summed E-state index contributed by atoms with van der Waals surface area (Å²) in [4.78, 5) is 35.4. The van der Waals surface area contributed by atoms with E-state index < -0.39 is 0 Å². The van der Waals surface area contributed by atoms with Gasteiger partial charge in [0, 0.05) is 61.8 Å². The zero-order valence-corrected chi connectivity index (χ0v) is 16.1. The van der Waals surface area contributed by atoms with Gasteiger partial charge in [0.2, 0.25) is 5.91 Å². The van der Waals surface area contributed by atoms with Crippen molar-refractivity contribution < 1.29 is 4.79 Å². The molecule has 0 radical (unpaired) electrons. The molecule has 140 valence electrons. The number of rotatable bonds is 2. The fourth-order valence-corrected chi connectivity index (χ4v) is 5.03. The molecule has 26 heavy (non-hydrogen) atoms. The van der Waals surface area contributed by atoms with E-state index in [0.29, 0.717) is 13.0 Å². The number of carbonyl (C=O) groups excluding carboxylic acids is 1. The Morgan fingerprint density at radius 3 is 3.00 bits per heavy atom. The Balaban J connectivity index is 1.55. The Bertz CT molecular complexity index is 891. The van der Waals surface area contributed by atoms with Crippen molar-refractivity contribution in [3.63, 3.8) is 0 Å². The van der Waals surface area contributed by atoms with E-state index in [2.05, 4.69) is 22.2 Å². The molecule has 0 bridgehead atoms. The third kappa shape index (κ3) is 3.28. The van der Waals surface area contributed by atoms with Gasteiger partial charge >= 0.3 is 0 Å². The Labute approximate surface area is 156 Å². The van der Waals surface area contributed by atoms with E-state index in [-0.39, 0.29) is 17.0 Å². The second-order valence-electron chi connectivity index (χ2n) is 7.54. The number of nitrogens with zero attached hydrogens (tertiary/aromatic N) is 4. The lowest BCUT2D eigenvalue weighted by molar-refractivity contribution is -0.121. The van der Waals surface area contributed by atoms with Gasteiger partial charge in [-0.1, -0.05) is 0 Å². The van der Waals surface area contributed by atoms with Gasteiger partial charge in [0.25, 0.3) is 5.56 Å². The van der Waals surface area contributed by atoms with Crippen LogP contribution in [0.2, 0.25) is 0 Å². The van der Waals surface area contributed by atoms with Crippen LogP contribution in [-0.4, -0.2) is 63.9 Å². The molecule has 1 amide bonds. The lowest BCUT2D eigenvalue weighted by atomic mass is 9.86. The third-order valence-corrected chi connectivity index (χ3v) is 6.63. The first-order chi connectivity index (χ1) is 12.4. The van der Waals surface area contributed by atoms with Crippen LogP contribution in [0.15, 0.2) is 17.1 Å². The van der Waals surface area contributed by atoms with Gasteiger partial charge in [-0.25, -0.2) is 4.98 Å². The van der Waals surface area contributed by atoms with E-state index in [9.17, 15) is 9.59 Å². The molecule has 2 aliphatic rings. The van der Waals surface area contributed by atoms with Gasteiger partial charge in [-0.2, -0.15) is 0 Å². The lowest BCUT2D eigenvalue weighted by Gasteiger charge is -2.49. The van der Waals surface area contributed by atoms with Crippen molar-refractivity contribution in [3.05, 3.63) is 33.2 Å². The molecule has 2 aromatic heterocycles. The minimum Gasteiger partial charge on any atom is -0.356 e. The van der Waals surface area contributed by atoms with Crippen molar-refractivity contribution in [1.29, 1.82) is 0 Å². The van der Waals surface area contributed by atoms with Gasteiger partial charge in [0.1, 0.15) is 0 Å². The number of aromatic nitrogens is 2. The number of fused-ring (bicyclic) bond motifs is 1. The van der Waals surface area contributed by atoms with Crippen LogP contribution >= 0.6 is 11.3 Å². The van der Waals surface area contributed by atoms with Gasteiger partial charge in [0.15, 0.2) is 4.96 Å². The third-order valence-electron chi connectivity index (χ3n) is 5.73. The number of carbonyl (C=O) groups is 1. The maximum atomic E-state index is 12.3. The molecule has 4 heterocycles. The van der Waals surface area contributed by atoms with E-state index >= 15 is 0 Å². The number of amides is 1. The van der Waals surface area contributed by atoms with Crippen LogP contribution in [0, 0.1) is 6.92 Å². The van der Waals surface area contributed by atoms with Crippen molar-refractivity contribution in [2.75, 3.05) is 33.2 Å². The Morgan fingerprint density at radius 2 is 2.15 bits per heavy atom. The molecule has 2 fully saturated rings. The van der Waals surface area contributed by atoms with Crippen LogP contribution < -0.4 is 10.9 Å². The summed E-state index contributed by atoms with van der Waals surface area (Å²) in [6, 6.07) is 1.66. The van der Waals surface area contributed by atoms with Gasteiger partial charge in [-0.3, -0.25) is 23.8 Å². The molecule has 1 spiro atoms. The highest BCUT2D eigenvalue weighted by atomic mass is 32.1. The quantitative estimate of drug-likeness (QED) is 0.843. The van der Waals surface area contributed by atoms with E-state index in [1.165, 1.54) is 0 Å². The normalized spacial score (nSPS) is 25.5. The average Bonchev–Trinajstić information content (AvgIpc) is 2.87. The number of hydrogen-bond acceptors (Lipinski definition) is 6. The first-order valence-electron chi connectivity index (χ1n) is 9.14. The molecule has 0 unspecified atom stereocenters. The fraction of sp³-hybridized carbons (Fsp3) is 0.611. The molecule has 8 heteroatoms. The number of thiazole rings is 1. The maximum Gasteiger partial charge on any atom is 0.258 e. The van der Waals surface area contributed by atoms with Crippen molar-refractivity contribution >= 4 is 22.2 Å². The smallest absolute Gasteiger partial charge is 0.258 e. The predicted octanol–water partition coefficient (Wildman–Crippen LogP) is 0.851. The molecule has 2 aliphatic heterocycles. The molecule has 0 aromatic carbocycles. The minimum absolute atomic E-state index is 0.0116. The summed E-state index contributed by atoms with van der Waals surface area (Å²) in [5.41, 5.74) is 0.845. The average molecular weight is 375 g/mol. The van der Waals surface area contributed by atoms with E-state index in [1.54, 1.807) is 21.8 Å². The van der Waals surface area contributed by atoms with Crippen molar-refractivity contribution in [3.8, 4) is 0 Å². The summed E-state index contributed by atoms with van der Waals surface area (Å²) >= 11 is 1.55. The Kier molecular flexibility index (Phi) is 4.58. The van der Waals surface area contributed by atoms with E-state index in [4.69, 9.17) is 4.98 Å². The van der Waals surface area contributed by atoms with Gasteiger partial charge in [-0.05, 0) is 26.8 Å². The molecule has 1 N–H and O–H groups in total. The minimum atomic E-state index is -0.0116. The second-order valence-corrected chi connectivity index (χ2v) is 8.75. The second kappa shape index (κ2) is 6.75. The molecule has 2 aromatic rings. The molecule has 4 rings (SSSR count). The number of nitrogens with one attached hydrogen (secondary N) is 1. The van der Waals surface area contributed by atoms with Crippen LogP contribution in [0.3, 0.4) is 0 Å². The van der Waals surface area contributed by atoms with Crippen molar-refractivity contribution in [2.45, 2.75) is 38.3 Å². The predicted molar refractivity (Wildman–Crippen MR) is 102 cm³/mol. The number of aryl methyl sites for hydroxylation is 1. The summed E-state index contributed by atoms with van der Waals surface area (Å²) in [6.07, 6.45) is 4.27. The number of hydrogen-bond donors (Lipinski definition) is 1. The molecule has 0 aliphatic carbocycles. The zero-order chi connectivity index (χ0) is 18.3. The van der Waals surface area contributed by atoms with Crippen LogP contribution in [0.4, 0.5) is 0 Å². The number of likely N-dealkylation sites (N-methyl/N-ethyl adjacent to an activating group) is 1. The topological polar surface area (TPSA) is 70.0 Å². The highest BCUT2D eigenvalue weighted by Crippen LogP contribution is 2.30. The summed E-state index contributed by atoms with van der Waals surface area (Å²) < 4.78 is 1.62. The van der Waals surface area contributed by atoms with E-state index in [1.807, 2.05) is 13.1 Å². The summed E-state index contributed by atoms with van der Waals surface area (Å²) in [5, 5.41) is 2.99. The van der Waals surface area contributed by atoms with Crippen LogP contribution in [0.1, 0.15) is 29.8 Å². The molecular weight excluding hydrogens is 350 g/mol. The van der Waals surface area contributed by atoms with Crippen LogP contribution in [0.25, 0.3) is 4.96 Å². The zero-order valence-electron chi connectivity index (χ0n) is 15.3. The molecule has 2 saturated heterocycles. The van der Waals surface area contributed by atoms with E-state index in [0.717, 1.165) is 54.6 Å². The van der Waals surface area contributed by atoms with Crippen molar-refractivity contribution in [1.82, 2.24) is 24.5 Å². The van der Waals surface area contributed by atoms with Gasteiger partial charge in [0.05, 0.1) is 5.69 Å². The Morgan fingerprint density at radius 1 is 1.31 bits per heavy atom. The van der Waals surface area contributed by atoms with Gasteiger partial charge in [-0.15, -0.1) is 11.3 Å². The largest absolute Gasteiger partial charge is 0.356 e. The Hall–Kier alpha value is -1.77. The first kappa shape index (κ1) is 17.6. The molecule has 1 atom stereocenters. The number of piperazine rings is 1.